The van der Waals surface area contributed by atoms with Gasteiger partial charge in [-0.1, -0.05) is 11.8 Å². The molecule has 1 atom stereocenters. The first-order valence-electron chi connectivity index (χ1n) is 9.33. The number of pyridine rings is 1. The number of nitrogens with one attached hydrogen (secondary N) is 2. The number of thioether (sulfide) groups is 1. The highest BCUT2D eigenvalue weighted by atomic mass is 32.2. The number of ether oxygens (including phenoxy) is 1. The molecule has 0 saturated carbocycles. The molecule has 1 unspecified atom stereocenters. The molecule has 1 aliphatic heterocycles. The van der Waals surface area contributed by atoms with E-state index in [4.69, 9.17) is 9.15 Å². The van der Waals surface area contributed by atoms with Crippen LogP contribution < -0.4 is 10.6 Å². The number of carbonyl (C=O) groups excluding carboxylic acids is 2. The molecule has 3 aromatic rings. The van der Waals surface area contributed by atoms with Gasteiger partial charge >= 0.3 is 18.2 Å². The molecule has 9 nitrogen and oxygen atoms in total. The largest absolute Gasteiger partial charge is 0.467 e. The van der Waals surface area contributed by atoms with Gasteiger partial charge in [0.1, 0.15) is 11.8 Å². The minimum Gasteiger partial charge on any atom is -0.467 e. The molecule has 1 aliphatic rings. The van der Waals surface area contributed by atoms with Gasteiger partial charge in [-0.3, -0.25) is 4.40 Å². The maximum Gasteiger partial charge on any atom is 0.417 e. The fourth-order valence-corrected chi connectivity index (χ4v) is 4.01. The van der Waals surface area contributed by atoms with E-state index >= 15 is 0 Å². The molecule has 0 saturated heterocycles. The SMILES string of the molecule is CCOC(=O)C1=C(CSc2nnc3ccc(C(F)(F)F)cn23)NC(=O)NC1c1ccco1. The fraction of sp³-hybridized carbons (Fsp3) is 0.263. The number of hydrogen-bond acceptors (Lipinski definition) is 7. The molecule has 168 valence electrons. The quantitative estimate of drug-likeness (QED) is 0.423. The Labute approximate surface area is 183 Å². The van der Waals surface area contributed by atoms with Gasteiger partial charge in [-0.15, -0.1) is 10.2 Å². The predicted octanol–water partition coefficient (Wildman–Crippen LogP) is 3.30. The van der Waals surface area contributed by atoms with Crippen molar-refractivity contribution >= 4 is 29.4 Å². The molecule has 2 amide bonds. The van der Waals surface area contributed by atoms with E-state index in [1.165, 1.54) is 16.7 Å². The van der Waals surface area contributed by atoms with Crippen molar-refractivity contribution in [3.63, 3.8) is 0 Å². The number of hydrogen-bond donors (Lipinski definition) is 2. The molecular formula is C19H16F3N5O4S. The highest BCUT2D eigenvalue weighted by Gasteiger charge is 2.35. The molecule has 0 aliphatic carbocycles. The fourth-order valence-electron chi connectivity index (χ4n) is 3.12. The molecule has 0 aromatic carbocycles. The van der Waals surface area contributed by atoms with Gasteiger partial charge in [0.25, 0.3) is 0 Å². The molecule has 0 radical (unpaired) electrons. The lowest BCUT2D eigenvalue weighted by atomic mass is 10.0. The molecule has 13 heteroatoms. The molecule has 0 spiro atoms. The third kappa shape index (κ3) is 4.28. The van der Waals surface area contributed by atoms with Crippen molar-refractivity contribution in [1.82, 2.24) is 25.2 Å². The van der Waals surface area contributed by atoms with Crippen LogP contribution in [0, 0.1) is 0 Å². The van der Waals surface area contributed by atoms with Crippen LogP contribution in [0.2, 0.25) is 0 Å². The first kappa shape index (κ1) is 21.7. The Morgan fingerprint density at radius 2 is 2.12 bits per heavy atom. The summed E-state index contributed by atoms with van der Waals surface area (Å²) >= 11 is 1.01. The van der Waals surface area contributed by atoms with E-state index in [0.29, 0.717) is 5.76 Å². The van der Waals surface area contributed by atoms with Crippen LogP contribution in [0.4, 0.5) is 18.0 Å². The molecule has 4 heterocycles. The summed E-state index contributed by atoms with van der Waals surface area (Å²) in [6, 6.07) is 3.89. The molecule has 0 bridgehead atoms. The first-order valence-corrected chi connectivity index (χ1v) is 10.3. The number of aromatic nitrogens is 3. The second-order valence-corrected chi connectivity index (χ2v) is 7.52. The van der Waals surface area contributed by atoms with Crippen LogP contribution in [0.15, 0.2) is 57.6 Å². The average molecular weight is 467 g/mol. The van der Waals surface area contributed by atoms with E-state index < -0.39 is 29.8 Å². The molecule has 0 fully saturated rings. The summed E-state index contributed by atoms with van der Waals surface area (Å²) in [4.78, 5) is 24.9. The standard InChI is InChI=1S/C19H16F3N5O4S/c1-2-30-16(28)14-11(23-17(29)24-15(14)12-4-3-7-31-12)9-32-18-26-25-13-6-5-10(8-27(13)18)19(20,21)22/h3-8,15H,2,9H2,1H3,(H2,23,24,29). The van der Waals surface area contributed by atoms with Gasteiger partial charge in [0.15, 0.2) is 10.8 Å². The van der Waals surface area contributed by atoms with Crippen LogP contribution >= 0.6 is 11.8 Å². The summed E-state index contributed by atoms with van der Waals surface area (Å²) in [5.74, 6) is -0.328. The van der Waals surface area contributed by atoms with Gasteiger partial charge in [0.05, 0.1) is 24.0 Å². The number of esters is 1. The van der Waals surface area contributed by atoms with Gasteiger partial charge in [0, 0.05) is 17.6 Å². The molecular weight excluding hydrogens is 451 g/mol. The Kier molecular flexibility index (Phi) is 5.82. The number of rotatable bonds is 6. The third-order valence-corrected chi connectivity index (χ3v) is 5.49. The number of nitrogens with zero attached hydrogens (tertiary/aromatic N) is 3. The number of carbonyl (C=O) groups is 2. The smallest absolute Gasteiger partial charge is 0.417 e. The zero-order valence-electron chi connectivity index (χ0n) is 16.5. The molecule has 32 heavy (non-hydrogen) atoms. The maximum atomic E-state index is 13.1. The van der Waals surface area contributed by atoms with Crippen LogP contribution in [-0.4, -0.2) is 39.0 Å². The number of furan rings is 1. The van der Waals surface area contributed by atoms with Crippen molar-refractivity contribution in [2.75, 3.05) is 12.4 Å². The van der Waals surface area contributed by atoms with Crippen LogP contribution in [0.1, 0.15) is 24.3 Å². The van der Waals surface area contributed by atoms with E-state index in [1.807, 2.05) is 0 Å². The van der Waals surface area contributed by atoms with Crippen LogP contribution in [-0.2, 0) is 15.7 Å². The predicted molar refractivity (Wildman–Crippen MR) is 105 cm³/mol. The number of fused-ring (bicyclic) bond motifs is 1. The summed E-state index contributed by atoms with van der Waals surface area (Å²) in [5.41, 5.74) is -0.282. The highest BCUT2D eigenvalue weighted by Crippen LogP contribution is 2.32. The summed E-state index contributed by atoms with van der Waals surface area (Å²) in [6.45, 7) is 1.75. The number of amides is 2. The summed E-state index contributed by atoms with van der Waals surface area (Å²) in [5, 5.41) is 13.1. The van der Waals surface area contributed by atoms with Crippen molar-refractivity contribution in [2.24, 2.45) is 0 Å². The van der Waals surface area contributed by atoms with Gasteiger partial charge in [-0.25, -0.2) is 9.59 Å². The normalized spacial score (nSPS) is 16.8. The minimum atomic E-state index is -4.53. The van der Waals surface area contributed by atoms with Crippen molar-refractivity contribution in [3.05, 3.63) is 59.3 Å². The van der Waals surface area contributed by atoms with E-state index in [1.54, 1.807) is 19.1 Å². The maximum absolute atomic E-state index is 13.1. The van der Waals surface area contributed by atoms with E-state index in [9.17, 15) is 22.8 Å². The minimum absolute atomic E-state index is 0.00974. The Bertz CT molecular complexity index is 1190. The Morgan fingerprint density at radius 3 is 2.81 bits per heavy atom. The van der Waals surface area contributed by atoms with Crippen molar-refractivity contribution in [2.45, 2.75) is 24.3 Å². The van der Waals surface area contributed by atoms with Crippen LogP contribution in [0.3, 0.4) is 0 Å². The number of urea groups is 1. The van der Waals surface area contributed by atoms with E-state index in [-0.39, 0.29) is 34.4 Å². The Balaban J connectivity index is 1.68. The second kappa shape index (κ2) is 8.57. The van der Waals surface area contributed by atoms with E-state index in [2.05, 4.69) is 20.8 Å². The Morgan fingerprint density at radius 1 is 1.31 bits per heavy atom. The highest BCUT2D eigenvalue weighted by molar-refractivity contribution is 7.99. The summed E-state index contributed by atoms with van der Waals surface area (Å²) in [6.07, 6.45) is -2.23. The van der Waals surface area contributed by atoms with Crippen molar-refractivity contribution in [3.8, 4) is 0 Å². The van der Waals surface area contributed by atoms with Crippen molar-refractivity contribution in [1.29, 1.82) is 0 Å². The first-order chi connectivity index (χ1) is 15.3. The number of halogens is 3. The number of alkyl halides is 3. The van der Waals surface area contributed by atoms with Crippen LogP contribution in [0.5, 0.6) is 0 Å². The monoisotopic (exact) mass is 467 g/mol. The summed E-state index contributed by atoms with van der Waals surface area (Å²) in [7, 11) is 0. The molecule has 3 aromatic heterocycles. The lowest BCUT2D eigenvalue weighted by molar-refractivity contribution is -0.139. The van der Waals surface area contributed by atoms with Gasteiger partial charge in [-0.05, 0) is 31.2 Å². The topological polar surface area (TPSA) is 111 Å². The lowest BCUT2D eigenvalue weighted by Crippen LogP contribution is -2.46. The molecule has 2 N–H and O–H groups in total. The third-order valence-electron chi connectivity index (χ3n) is 4.52. The van der Waals surface area contributed by atoms with Gasteiger partial charge in [-0.2, -0.15) is 13.2 Å². The molecule has 4 rings (SSSR count). The van der Waals surface area contributed by atoms with E-state index in [0.717, 1.165) is 24.0 Å². The lowest BCUT2D eigenvalue weighted by Gasteiger charge is -2.27. The van der Waals surface area contributed by atoms with Gasteiger partial charge < -0.3 is 19.8 Å². The van der Waals surface area contributed by atoms with Crippen LogP contribution in [0.25, 0.3) is 5.65 Å². The summed E-state index contributed by atoms with van der Waals surface area (Å²) < 4.78 is 50.9. The second-order valence-electron chi connectivity index (χ2n) is 6.57. The van der Waals surface area contributed by atoms with Gasteiger partial charge in [0.2, 0.25) is 0 Å². The van der Waals surface area contributed by atoms with Crippen molar-refractivity contribution < 1.29 is 31.9 Å². The zero-order valence-corrected chi connectivity index (χ0v) is 17.3. The Hall–Kier alpha value is -3.48. The average Bonchev–Trinajstić information content (AvgIpc) is 3.41. The zero-order chi connectivity index (χ0) is 22.9.